The molecule has 2 heterocycles. The minimum absolute atomic E-state index is 0.142. The van der Waals surface area contributed by atoms with Crippen molar-refractivity contribution >= 4 is 33.0 Å². The van der Waals surface area contributed by atoms with Crippen molar-refractivity contribution in [3.8, 4) is 0 Å². The first-order valence-corrected chi connectivity index (χ1v) is 7.56. The lowest BCUT2D eigenvalue weighted by molar-refractivity contribution is 0.697. The number of anilines is 1. The number of thiazole rings is 1. The van der Waals surface area contributed by atoms with E-state index in [1.807, 2.05) is 11.9 Å². The Morgan fingerprint density at radius 1 is 1.53 bits per heavy atom. The van der Waals surface area contributed by atoms with Crippen LogP contribution in [0.4, 0.5) is 5.69 Å². The van der Waals surface area contributed by atoms with E-state index in [-0.39, 0.29) is 5.56 Å². The van der Waals surface area contributed by atoms with Crippen LogP contribution in [0.25, 0.3) is 0 Å². The molecule has 0 bridgehead atoms. The van der Waals surface area contributed by atoms with Crippen molar-refractivity contribution in [3.05, 3.63) is 37.1 Å². The molecular formula is C12H15BrN4OS. The number of aromatic nitrogens is 3. The second-order valence-electron chi connectivity index (χ2n) is 4.21. The van der Waals surface area contributed by atoms with E-state index >= 15 is 0 Å². The highest BCUT2D eigenvalue weighted by molar-refractivity contribution is 9.10. The van der Waals surface area contributed by atoms with E-state index < -0.39 is 0 Å². The van der Waals surface area contributed by atoms with Crippen molar-refractivity contribution in [3.63, 3.8) is 0 Å². The van der Waals surface area contributed by atoms with E-state index in [1.54, 1.807) is 24.6 Å². The quantitative estimate of drug-likeness (QED) is 0.854. The minimum Gasteiger partial charge on any atom is -0.366 e. The van der Waals surface area contributed by atoms with Crippen LogP contribution in [0.3, 0.4) is 0 Å². The number of hydrogen-bond acceptors (Lipinski definition) is 5. The third kappa shape index (κ3) is 3.03. The first-order valence-electron chi connectivity index (χ1n) is 5.89. The second kappa shape index (κ2) is 5.83. The third-order valence-corrected chi connectivity index (χ3v) is 4.56. The van der Waals surface area contributed by atoms with Gasteiger partial charge < -0.3 is 4.90 Å². The summed E-state index contributed by atoms with van der Waals surface area (Å²) in [7, 11) is 3.55. The highest BCUT2D eigenvalue weighted by Gasteiger charge is 2.12. The Labute approximate surface area is 124 Å². The van der Waals surface area contributed by atoms with Crippen LogP contribution in [0.5, 0.6) is 0 Å². The van der Waals surface area contributed by atoms with Gasteiger partial charge in [0.05, 0.1) is 29.1 Å². The molecule has 0 N–H and O–H groups in total. The summed E-state index contributed by atoms with van der Waals surface area (Å²) in [6.45, 7) is 2.75. The predicted molar refractivity (Wildman–Crippen MR) is 80.8 cm³/mol. The van der Waals surface area contributed by atoms with E-state index in [1.165, 1.54) is 4.68 Å². The number of aryl methyl sites for hydroxylation is 2. The van der Waals surface area contributed by atoms with Crippen molar-refractivity contribution in [1.29, 1.82) is 0 Å². The SMILES string of the molecule is CCc1nc(CN(C)c2cnn(C)c(=O)c2Br)cs1. The zero-order valence-corrected chi connectivity index (χ0v) is 13.5. The third-order valence-electron chi connectivity index (χ3n) is 2.77. The topological polar surface area (TPSA) is 51.0 Å². The first kappa shape index (κ1) is 14.2. The highest BCUT2D eigenvalue weighted by atomic mass is 79.9. The molecular weight excluding hydrogens is 328 g/mol. The maximum atomic E-state index is 11.8. The molecule has 2 aromatic heterocycles. The van der Waals surface area contributed by atoms with Gasteiger partial charge in [-0.1, -0.05) is 6.92 Å². The molecule has 0 aliphatic carbocycles. The molecule has 19 heavy (non-hydrogen) atoms. The molecule has 0 aromatic carbocycles. The van der Waals surface area contributed by atoms with E-state index in [0.717, 1.165) is 22.8 Å². The molecule has 2 rings (SSSR count). The zero-order chi connectivity index (χ0) is 14.0. The first-order chi connectivity index (χ1) is 9.02. The fraction of sp³-hybridized carbons (Fsp3) is 0.417. The van der Waals surface area contributed by atoms with Crippen LogP contribution >= 0.6 is 27.3 Å². The standard InChI is InChI=1S/C12H15BrN4OS/c1-4-10-15-8(7-19-10)6-16(2)9-5-14-17(3)12(18)11(9)13/h5,7H,4,6H2,1-3H3. The van der Waals surface area contributed by atoms with E-state index in [2.05, 4.69) is 38.3 Å². The van der Waals surface area contributed by atoms with Crippen molar-refractivity contribution in [2.45, 2.75) is 19.9 Å². The summed E-state index contributed by atoms with van der Waals surface area (Å²) >= 11 is 5.00. The van der Waals surface area contributed by atoms with Crippen LogP contribution in [-0.4, -0.2) is 21.8 Å². The van der Waals surface area contributed by atoms with Crippen molar-refractivity contribution < 1.29 is 0 Å². The Balaban J connectivity index is 2.22. The lowest BCUT2D eigenvalue weighted by atomic mass is 10.3. The van der Waals surface area contributed by atoms with Gasteiger partial charge in [-0.2, -0.15) is 5.10 Å². The average Bonchev–Trinajstić information content (AvgIpc) is 2.83. The summed E-state index contributed by atoms with van der Waals surface area (Å²) in [6.07, 6.45) is 2.63. The maximum Gasteiger partial charge on any atom is 0.282 e. The zero-order valence-electron chi connectivity index (χ0n) is 11.1. The number of hydrogen-bond donors (Lipinski definition) is 0. The lowest BCUT2D eigenvalue weighted by Gasteiger charge is -2.19. The number of nitrogens with zero attached hydrogens (tertiary/aromatic N) is 4. The molecule has 0 spiro atoms. The van der Waals surface area contributed by atoms with Crippen LogP contribution in [-0.2, 0) is 20.0 Å². The fourth-order valence-electron chi connectivity index (χ4n) is 1.68. The highest BCUT2D eigenvalue weighted by Crippen LogP contribution is 2.22. The Morgan fingerprint density at radius 3 is 2.89 bits per heavy atom. The molecule has 5 nitrogen and oxygen atoms in total. The average molecular weight is 343 g/mol. The van der Waals surface area contributed by atoms with Gasteiger partial charge >= 0.3 is 0 Å². The molecule has 0 aliphatic rings. The van der Waals surface area contributed by atoms with Crippen LogP contribution in [0.2, 0.25) is 0 Å². The Kier molecular flexibility index (Phi) is 4.36. The van der Waals surface area contributed by atoms with Gasteiger partial charge in [0.25, 0.3) is 5.56 Å². The normalized spacial score (nSPS) is 10.7. The molecule has 0 atom stereocenters. The Morgan fingerprint density at radius 2 is 2.26 bits per heavy atom. The van der Waals surface area contributed by atoms with Crippen LogP contribution in [0, 0.1) is 0 Å². The summed E-state index contributed by atoms with van der Waals surface area (Å²) in [4.78, 5) is 18.3. The van der Waals surface area contributed by atoms with Gasteiger partial charge in [-0.15, -0.1) is 11.3 Å². The molecule has 0 aliphatic heterocycles. The van der Waals surface area contributed by atoms with E-state index in [9.17, 15) is 4.79 Å². The largest absolute Gasteiger partial charge is 0.366 e. The van der Waals surface area contributed by atoms with Gasteiger partial charge in [-0.05, 0) is 22.4 Å². The molecule has 102 valence electrons. The van der Waals surface area contributed by atoms with Gasteiger partial charge in [-0.25, -0.2) is 9.67 Å². The Hall–Kier alpha value is -1.21. The number of rotatable bonds is 4. The summed E-state index contributed by atoms with van der Waals surface area (Å²) < 4.78 is 1.83. The minimum atomic E-state index is -0.142. The summed E-state index contributed by atoms with van der Waals surface area (Å²) in [6, 6.07) is 0. The number of halogens is 1. The maximum absolute atomic E-state index is 11.8. The smallest absolute Gasteiger partial charge is 0.282 e. The van der Waals surface area contributed by atoms with Gasteiger partial charge in [0.1, 0.15) is 4.47 Å². The molecule has 0 amide bonds. The predicted octanol–water partition coefficient (Wildman–Crippen LogP) is 2.20. The van der Waals surface area contributed by atoms with Gasteiger partial charge in [0.15, 0.2) is 0 Å². The molecule has 2 aromatic rings. The lowest BCUT2D eigenvalue weighted by Crippen LogP contribution is -2.25. The summed E-state index contributed by atoms with van der Waals surface area (Å²) in [5, 5.41) is 7.22. The Bertz CT molecular complexity index is 637. The molecule has 0 saturated heterocycles. The molecule has 0 radical (unpaired) electrons. The van der Waals surface area contributed by atoms with Gasteiger partial charge in [0.2, 0.25) is 0 Å². The van der Waals surface area contributed by atoms with E-state index in [0.29, 0.717) is 11.0 Å². The van der Waals surface area contributed by atoms with Crippen molar-refractivity contribution in [2.75, 3.05) is 11.9 Å². The summed E-state index contributed by atoms with van der Waals surface area (Å²) in [5.74, 6) is 0. The van der Waals surface area contributed by atoms with Crippen LogP contribution in [0.15, 0.2) is 20.8 Å². The monoisotopic (exact) mass is 342 g/mol. The fourth-order valence-corrected chi connectivity index (χ4v) is 3.08. The van der Waals surface area contributed by atoms with Gasteiger partial charge in [-0.3, -0.25) is 4.79 Å². The van der Waals surface area contributed by atoms with Crippen LogP contribution in [0.1, 0.15) is 17.6 Å². The van der Waals surface area contributed by atoms with Crippen LogP contribution < -0.4 is 10.5 Å². The molecule has 7 heteroatoms. The van der Waals surface area contributed by atoms with Crippen molar-refractivity contribution in [2.24, 2.45) is 7.05 Å². The second-order valence-corrected chi connectivity index (χ2v) is 5.95. The molecule has 0 saturated carbocycles. The van der Waals surface area contributed by atoms with Gasteiger partial charge in [0, 0.05) is 19.5 Å². The van der Waals surface area contributed by atoms with Crippen molar-refractivity contribution in [1.82, 2.24) is 14.8 Å². The molecule has 0 unspecified atom stereocenters. The summed E-state index contributed by atoms with van der Waals surface area (Å²) in [5.41, 5.74) is 1.64. The molecule has 0 fully saturated rings. The van der Waals surface area contributed by atoms with E-state index in [4.69, 9.17) is 0 Å².